The molecular formula is C17H17F13O8S. The van der Waals surface area contributed by atoms with Gasteiger partial charge >= 0.3 is 57.5 Å². The number of halogens is 13. The Morgan fingerprint density at radius 3 is 1.67 bits per heavy atom. The molecule has 1 aliphatic rings. The average molecular weight is 628 g/mol. The summed E-state index contributed by atoms with van der Waals surface area (Å²) >= 11 is 0. The summed E-state index contributed by atoms with van der Waals surface area (Å²) in [7, 11) is -6.94. The van der Waals surface area contributed by atoms with Crippen molar-refractivity contribution in [2.24, 2.45) is 5.92 Å². The molecule has 0 aromatic rings. The topological polar surface area (TPSA) is 116 Å². The van der Waals surface area contributed by atoms with Crippen LogP contribution < -0.4 is 0 Å². The van der Waals surface area contributed by atoms with E-state index in [0.717, 1.165) is 0 Å². The van der Waals surface area contributed by atoms with Crippen LogP contribution >= 0.6 is 0 Å². The van der Waals surface area contributed by atoms with Crippen LogP contribution in [0, 0.1) is 5.92 Å². The van der Waals surface area contributed by atoms with Gasteiger partial charge in [0.25, 0.3) is 6.10 Å². The fourth-order valence-corrected chi connectivity index (χ4v) is 3.59. The van der Waals surface area contributed by atoms with E-state index in [1.807, 2.05) is 0 Å². The largest absolute Gasteiger partial charge is 0.468 e. The molecule has 39 heavy (non-hydrogen) atoms. The zero-order valence-electron chi connectivity index (χ0n) is 18.7. The van der Waals surface area contributed by atoms with Gasteiger partial charge in [0, 0.05) is 6.42 Å². The van der Waals surface area contributed by atoms with Crippen molar-refractivity contribution in [2.75, 3.05) is 6.61 Å². The van der Waals surface area contributed by atoms with E-state index < -0.39 is 82.6 Å². The molecule has 0 aliphatic heterocycles. The number of hydrogen-bond donors (Lipinski definition) is 1. The molecular weight excluding hydrogens is 611 g/mol. The van der Waals surface area contributed by atoms with Crippen molar-refractivity contribution in [3.63, 3.8) is 0 Å². The Labute approximate surface area is 209 Å². The Balaban J connectivity index is 3.52. The van der Waals surface area contributed by atoms with E-state index in [4.69, 9.17) is 4.55 Å². The van der Waals surface area contributed by atoms with Crippen LogP contribution in [0.3, 0.4) is 0 Å². The lowest BCUT2D eigenvalue weighted by Gasteiger charge is -2.35. The minimum absolute atomic E-state index is 0.158. The van der Waals surface area contributed by atoms with Crippen molar-refractivity contribution < 1.29 is 93.8 Å². The Morgan fingerprint density at radius 2 is 1.28 bits per heavy atom. The summed E-state index contributed by atoms with van der Waals surface area (Å²) in [5.74, 6) is -19.1. The minimum atomic E-state index is -6.94. The predicted octanol–water partition coefficient (Wildman–Crippen LogP) is 4.93. The van der Waals surface area contributed by atoms with Crippen LogP contribution in [0.1, 0.15) is 38.5 Å². The van der Waals surface area contributed by atoms with Gasteiger partial charge in [-0.3, -0.25) is 9.35 Å². The molecule has 0 spiro atoms. The summed E-state index contributed by atoms with van der Waals surface area (Å²) in [4.78, 5) is 24.4. The maximum atomic E-state index is 13.9. The monoisotopic (exact) mass is 628 g/mol. The van der Waals surface area contributed by atoms with Gasteiger partial charge in [0.2, 0.25) is 0 Å². The lowest BCUT2D eigenvalue weighted by molar-refractivity contribution is -0.372. The van der Waals surface area contributed by atoms with Crippen LogP contribution in [0.5, 0.6) is 0 Å². The van der Waals surface area contributed by atoms with Gasteiger partial charge in [-0.05, 0) is 12.8 Å². The molecule has 0 aromatic heterocycles. The van der Waals surface area contributed by atoms with Crippen LogP contribution in [0.2, 0.25) is 0 Å². The number of carbonyl (C=O) groups is 2. The molecule has 22 heteroatoms. The lowest BCUT2D eigenvalue weighted by atomic mass is 9.89. The van der Waals surface area contributed by atoms with Gasteiger partial charge in [-0.1, -0.05) is 19.3 Å². The lowest BCUT2D eigenvalue weighted by Crippen LogP contribution is -2.61. The summed E-state index contributed by atoms with van der Waals surface area (Å²) < 4.78 is 212. The molecule has 1 fully saturated rings. The van der Waals surface area contributed by atoms with E-state index >= 15 is 0 Å². The first-order chi connectivity index (χ1) is 17.2. The zero-order chi connectivity index (χ0) is 30.9. The van der Waals surface area contributed by atoms with Gasteiger partial charge in [0.05, 0.1) is 12.5 Å². The van der Waals surface area contributed by atoms with Gasteiger partial charge < -0.3 is 14.2 Å². The summed E-state index contributed by atoms with van der Waals surface area (Å²) in [6, 6.07) is 0. The summed E-state index contributed by atoms with van der Waals surface area (Å²) in [5, 5.41) is -6.40. The summed E-state index contributed by atoms with van der Waals surface area (Å²) in [5.41, 5.74) is 0. The number of alkyl halides is 13. The fraction of sp³-hybridized carbons (Fsp3) is 0.882. The number of hydrogen-bond acceptors (Lipinski definition) is 7. The SMILES string of the molecule is O=C(OC(OCCC(F)(F)C(F)(F)S(=O)(=O)O)(C(=O)OC(C(F)(F)F)C(F)(F)F)C(F)(F)F)C1CCCCC1. The van der Waals surface area contributed by atoms with E-state index in [9.17, 15) is 75.1 Å². The van der Waals surface area contributed by atoms with E-state index in [2.05, 4.69) is 14.2 Å². The fourth-order valence-electron chi connectivity index (χ4n) is 3.11. The third-order valence-corrected chi connectivity index (χ3v) is 6.06. The highest BCUT2D eigenvalue weighted by molar-refractivity contribution is 7.87. The normalized spacial score (nSPS) is 18.5. The number of carbonyl (C=O) groups excluding carboxylic acids is 2. The predicted molar refractivity (Wildman–Crippen MR) is 95.5 cm³/mol. The van der Waals surface area contributed by atoms with Gasteiger partial charge in [-0.2, -0.15) is 65.5 Å². The first-order valence-electron chi connectivity index (χ1n) is 10.2. The quantitative estimate of drug-likeness (QED) is 0.157. The number of ether oxygens (including phenoxy) is 3. The van der Waals surface area contributed by atoms with Crippen LogP contribution in [0.4, 0.5) is 57.1 Å². The molecule has 1 unspecified atom stereocenters. The van der Waals surface area contributed by atoms with E-state index in [-0.39, 0.29) is 25.7 Å². The second kappa shape index (κ2) is 11.4. The molecule has 1 N–H and O–H groups in total. The summed E-state index contributed by atoms with van der Waals surface area (Å²) in [6.45, 7) is -2.62. The molecule has 230 valence electrons. The smallest absolute Gasteiger partial charge is 0.438 e. The zero-order valence-corrected chi connectivity index (χ0v) is 19.5. The van der Waals surface area contributed by atoms with Crippen LogP contribution in [0.25, 0.3) is 0 Å². The highest BCUT2D eigenvalue weighted by Gasteiger charge is 2.72. The van der Waals surface area contributed by atoms with Crippen molar-refractivity contribution >= 4 is 22.1 Å². The molecule has 0 aromatic carbocycles. The second-order valence-corrected chi connectivity index (χ2v) is 9.50. The van der Waals surface area contributed by atoms with Crippen molar-refractivity contribution in [2.45, 2.75) is 80.1 Å². The van der Waals surface area contributed by atoms with Gasteiger partial charge in [-0.15, -0.1) is 0 Å². The maximum Gasteiger partial charge on any atom is 0.468 e. The Kier molecular flexibility index (Phi) is 10.2. The van der Waals surface area contributed by atoms with E-state index in [1.165, 1.54) is 0 Å². The van der Waals surface area contributed by atoms with Crippen molar-refractivity contribution in [3.05, 3.63) is 0 Å². The third-order valence-electron chi connectivity index (χ3n) is 5.12. The first kappa shape index (κ1) is 34.9. The Bertz CT molecular complexity index is 970. The first-order valence-corrected chi connectivity index (χ1v) is 11.7. The minimum Gasteiger partial charge on any atom is -0.438 e. The van der Waals surface area contributed by atoms with Gasteiger partial charge in [0.1, 0.15) is 0 Å². The van der Waals surface area contributed by atoms with E-state index in [1.54, 1.807) is 0 Å². The molecule has 0 radical (unpaired) electrons. The molecule has 8 nitrogen and oxygen atoms in total. The molecule has 1 saturated carbocycles. The molecule has 1 aliphatic carbocycles. The average Bonchev–Trinajstić information content (AvgIpc) is 2.73. The molecule has 0 heterocycles. The van der Waals surface area contributed by atoms with Gasteiger partial charge in [0.15, 0.2) is 0 Å². The van der Waals surface area contributed by atoms with Crippen molar-refractivity contribution in [1.82, 2.24) is 0 Å². The highest BCUT2D eigenvalue weighted by Crippen LogP contribution is 2.44. The van der Waals surface area contributed by atoms with E-state index in [0.29, 0.717) is 6.42 Å². The molecule has 1 rings (SSSR count). The number of rotatable bonds is 10. The van der Waals surface area contributed by atoms with Crippen molar-refractivity contribution in [1.29, 1.82) is 0 Å². The maximum absolute atomic E-state index is 13.9. The standard InChI is InChI=1S/C17H17F13O8S/c18-12(19,17(29,30)39(33,34)35)6-7-36-13(16(26,27)28,38-9(31)8-4-2-1-3-5-8)11(32)37-10(14(20,21)22)15(23,24)25/h8,10H,1-7H2,(H,33,34,35). The van der Waals surface area contributed by atoms with Crippen LogP contribution in [0.15, 0.2) is 0 Å². The Morgan fingerprint density at radius 1 is 0.821 bits per heavy atom. The molecule has 0 amide bonds. The van der Waals surface area contributed by atoms with Crippen LogP contribution in [-0.4, -0.2) is 73.1 Å². The van der Waals surface area contributed by atoms with Crippen LogP contribution in [-0.2, 0) is 33.9 Å². The second-order valence-electron chi connectivity index (χ2n) is 8.03. The molecule has 1 atom stereocenters. The Hall–Kier alpha value is -2.10. The third kappa shape index (κ3) is 7.98. The summed E-state index contributed by atoms with van der Waals surface area (Å²) in [6.07, 6.45) is -27.8. The highest BCUT2D eigenvalue weighted by atomic mass is 32.2. The molecule has 0 bridgehead atoms. The van der Waals surface area contributed by atoms with Gasteiger partial charge in [-0.25, -0.2) is 4.79 Å². The molecule has 0 saturated heterocycles. The van der Waals surface area contributed by atoms with Crippen molar-refractivity contribution in [3.8, 4) is 0 Å². The number of esters is 2.